The molecule has 0 heterocycles. The molecule has 0 aliphatic carbocycles. The average molecular weight is 348 g/mol. The van der Waals surface area contributed by atoms with Crippen molar-refractivity contribution in [2.24, 2.45) is 5.92 Å². The molecule has 0 saturated heterocycles. The third-order valence-electron chi connectivity index (χ3n) is 3.83. The van der Waals surface area contributed by atoms with Gasteiger partial charge in [-0.15, -0.1) is 6.58 Å². The predicted molar refractivity (Wildman–Crippen MR) is 96.8 cm³/mol. The molecule has 6 nitrogen and oxygen atoms in total. The van der Waals surface area contributed by atoms with E-state index in [-0.39, 0.29) is 37.5 Å². The van der Waals surface area contributed by atoms with Crippen LogP contribution in [0.5, 0.6) is 0 Å². The molecule has 25 heavy (non-hydrogen) atoms. The summed E-state index contributed by atoms with van der Waals surface area (Å²) >= 11 is 0. The molecule has 0 unspecified atom stereocenters. The fourth-order valence-corrected chi connectivity index (χ4v) is 2.47. The van der Waals surface area contributed by atoms with Crippen LogP contribution in [0, 0.1) is 5.92 Å². The molecule has 0 saturated carbocycles. The van der Waals surface area contributed by atoms with Crippen LogP contribution in [0.3, 0.4) is 0 Å². The van der Waals surface area contributed by atoms with Crippen molar-refractivity contribution in [3.05, 3.63) is 48.6 Å². The number of aliphatic hydroxyl groups is 2. The number of carbonyl (C=O) groups excluding carboxylic acids is 2. The summed E-state index contributed by atoms with van der Waals surface area (Å²) in [6.45, 7) is 4.97. The molecule has 138 valence electrons. The average Bonchev–Trinajstić information content (AvgIpc) is 2.61. The van der Waals surface area contributed by atoms with Crippen molar-refractivity contribution in [2.75, 3.05) is 13.2 Å². The maximum atomic E-state index is 12.5. The number of aliphatic hydroxyl groups excluding tert-OH is 2. The normalized spacial score (nSPS) is 14.2. The second-order valence-corrected chi connectivity index (χ2v) is 6.15. The lowest BCUT2D eigenvalue weighted by Gasteiger charge is -2.21. The van der Waals surface area contributed by atoms with Gasteiger partial charge in [0.15, 0.2) is 0 Å². The summed E-state index contributed by atoms with van der Waals surface area (Å²) in [5.74, 6) is -1.15. The first-order valence-corrected chi connectivity index (χ1v) is 8.46. The van der Waals surface area contributed by atoms with Crippen molar-refractivity contribution in [2.45, 2.75) is 38.3 Å². The van der Waals surface area contributed by atoms with E-state index in [2.05, 4.69) is 17.2 Å². The number of amides is 2. The van der Waals surface area contributed by atoms with E-state index in [0.717, 1.165) is 5.56 Å². The molecule has 4 N–H and O–H groups in total. The Bertz CT molecular complexity index is 548. The number of allylic oxidation sites excluding steroid dienone is 1. The number of rotatable bonds is 11. The highest BCUT2D eigenvalue weighted by molar-refractivity contribution is 5.86. The Morgan fingerprint density at radius 2 is 1.84 bits per heavy atom. The van der Waals surface area contributed by atoms with Gasteiger partial charge in [0.1, 0.15) is 0 Å². The molecule has 2 amide bonds. The molecule has 1 rings (SSSR count). The molecule has 0 radical (unpaired) electrons. The van der Waals surface area contributed by atoms with Gasteiger partial charge in [-0.05, 0) is 25.3 Å². The maximum Gasteiger partial charge on any atom is 0.224 e. The molecular formula is C19H28N2O4. The van der Waals surface area contributed by atoms with Gasteiger partial charge in [0.2, 0.25) is 11.8 Å². The zero-order chi connectivity index (χ0) is 18.7. The van der Waals surface area contributed by atoms with Crippen molar-refractivity contribution in [1.82, 2.24) is 10.6 Å². The zero-order valence-electron chi connectivity index (χ0n) is 14.6. The van der Waals surface area contributed by atoms with Gasteiger partial charge in [-0.1, -0.05) is 36.4 Å². The largest absolute Gasteiger partial charge is 0.394 e. The smallest absolute Gasteiger partial charge is 0.224 e. The second-order valence-electron chi connectivity index (χ2n) is 6.15. The Labute approximate surface area is 148 Å². The Hall–Kier alpha value is -2.18. The van der Waals surface area contributed by atoms with E-state index < -0.39 is 12.0 Å². The minimum atomic E-state index is -0.562. The van der Waals surface area contributed by atoms with E-state index in [1.165, 1.54) is 0 Å². The van der Waals surface area contributed by atoms with Gasteiger partial charge in [0.05, 0.1) is 25.2 Å². The third-order valence-corrected chi connectivity index (χ3v) is 3.83. The summed E-state index contributed by atoms with van der Waals surface area (Å²) in [7, 11) is 0. The Morgan fingerprint density at radius 3 is 2.40 bits per heavy atom. The van der Waals surface area contributed by atoms with Gasteiger partial charge in [-0.25, -0.2) is 0 Å². The molecule has 0 spiro atoms. The standard InChI is InChI=1S/C19H28N2O4/c1-3-7-16(11-18(24)20-14(2)12-22)19(25)21-17(13-23)10-15-8-5-4-6-9-15/h3-6,8-9,14,16-17,22-23H,1,7,10-13H2,2H3,(H,20,24)(H,21,25)/t14-,16-,17-/m1/s1. The van der Waals surface area contributed by atoms with Gasteiger partial charge in [-0.2, -0.15) is 0 Å². The van der Waals surface area contributed by atoms with E-state index >= 15 is 0 Å². The van der Waals surface area contributed by atoms with E-state index in [1.54, 1.807) is 13.0 Å². The van der Waals surface area contributed by atoms with Crippen LogP contribution >= 0.6 is 0 Å². The van der Waals surface area contributed by atoms with Gasteiger partial charge in [-0.3, -0.25) is 9.59 Å². The first-order valence-electron chi connectivity index (χ1n) is 8.46. The molecule has 0 aliphatic rings. The highest BCUT2D eigenvalue weighted by atomic mass is 16.3. The fourth-order valence-electron chi connectivity index (χ4n) is 2.47. The van der Waals surface area contributed by atoms with Gasteiger partial charge in [0.25, 0.3) is 0 Å². The summed E-state index contributed by atoms with van der Waals surface area (Å²) in [6, 6.07) is 8.80. The second kappa shape index (κ2) is 11.4. The number of benzene rings is 1. The topological polar surface area (TPSA) is 98.7 Å². The van der Waals surface area contributed by atoms with Crippen LogP contribution in [-0.2, 0) is 16.0 Å². The van der Waals surface area contributed by atoms with Crippen molar-refractivity contribution >= 4 is 11.8 Å². The van der Waals surface area contributed by atoms with E-state index in [9.17, 15) is 14.7 Å². The van der Waals surface area contributed by atoms with Crippen LogP contribution in [-0.4, -0.2) is 47.3 Å². The van der Waals surface area contributed by atoms with Gasteiger partial charge >= 0.3 is 0 Å². The molecule has 0 fully saturated rings. The van der Waals surface area contributed by atoms with Crippen LogP contribution in [0.2, 0.25) is 0 Å². The Balaban J connectivity index is 2.63. The SMILES string of the molecule is C=CC[C@H](CC(=O)N[C@H](C)CO)C(=O)N[C@@H](CO)Cc1ccccc1. The van der Waals surface area contributed by atoms with E-state index in [1.807, 2.05) is 30.3 Å². The highest BCUT2D eigenvalue weighted by Crippen LogP contribution is 2.11. The van der Waals surface area contributed by atoms with Gasteiger partial charge < -0.3 is 20.8 Å². The van der Waals surface area contributed by atoms with Crippen LogP contribution in [0.15, 0.2) is 43.0 Å². The van der Waals surface area contributed by atoms with Crippen molar-refractivity contribution in [1.29, 1.82) is 0 Å². The lowest BCUT2D eigenvalue weighted by atomic mass is 9.98. The molecular weight excluding hydrogens is 320 g/mol. The lowest BCUT2D eigenvalue weighted by Crippen LogP contribution is -2.44. The Kier molecular flexibility index (Phi) is 9.50. The van der Waals surface area contributed by atoms with Crippen LogP contribution in [0.25, 0.3) is 0 Å². The maximum absolute atomic E-state index is 12.5. The zero-order valence-corrected chi connectivity index (χ0v) is 14.6. The number of nitrogens with one attached hydrogen (secondary N) is 2. The van der Waals surface area contributed by atoms with Gasteiger partial charge in [0, 0.05) is 12.5 Å². The van der Waals surface area contributed by atoms with Crippen LogP contribution in [0.1, 0.15) is 25.3 Å². The third kappa shape index (κ3) is 7.96. The number of hydrogen-bond acceptors (Lipinski definition) is 4. The van der Waals surface area contributed by atoms with Crippen LogP contribution < -0.4 is 10.6 Å². The first kappa shape index (κ1) is 20.9. The molecule has 1 aromatic rings. The molecule has 1 aromatic carbocycles. The summed E-state index contributed by atoms with van der Waals surface area (Å²) in [5, 5.41) is 24.0. The minimum Gasteiger partial charge on any atom is -0.394 e. The van der Waals surface area contributed by atoms with Crippen molar-refractivity contribution in [3.63, 3.8) is 0 Å². The predicted octanol–water partition coefficient (Wildman–Crippen LogP) is 0.786. The molecule has 0 aromatic heterocycles. The molecule has 0 aliphatic heterocycles. The lowest BCUT2D eigenvalue weighted by molar-refractivity contribution is -0.131. The molecule has 6 heteroatoms. The highest BCUT2D eigenvalue weighted by Gasteiger charge is 2.23. The summed E-state index contributed by atoms with van der Waals surface area (Å²) in [6.07, 6.45) is 2.47. The minimum absolute atomic E-state index is 0.00563. The Morgan fingerprint density at radius 1 is 1.16 bits per heavy atom. The number of hydrogen-bond donors (Lipinski definition) is 4. The van der Waals surface area contributed by atoms with Crippen LogP contribution in [0.4, 0.5) is 0 Å². The van der Waals surface area contributed by atoms with Crippen molar-refractivity contribution in [3.8, 4) is 0 Å². The van der Waals surface area contributed by atoms with Crippen molar-refractivity contribution < 1.29 is 19.8 Å². The first-order chi connectivity index (χ1) is 12.0. The molecule has 3 atom stereocenters. The van der Waals surface area contributed by atoms with E-state index in [0.29, 0.717) is 12.8 Å². The monoisotopic (exact) mass is 348 g/mol. The fraction of sp³-hybridized carbons (Fsp3) is 0.474. The summed E-state index contributed by atoms with van der Waals surface area (Å²) in [4.78, 5) is 24.4. The molecule has 0 bridgehead atoms. The summed E-state index contributed by atoms with van der Waals surface area (Å²) in [5.41, 5.74) is 1.01. The van der Waals surface area contributed by atoms with E-state index in [4.69, 9.17) is 5.11 Å². The summed E-state index contributed by atoms with van der Waals surface area (Å²) < 4.78 is 0. The quantitative estimate of drug-likeness (QED) is 0.444. The number of carbonyl (C=O) groups is 2.